The molecule has 7 heteroatoms. The average molecular weight is 338 g/mol. The van der Waals surface area contributed by atoms with Gasteiger partial charge in [0.2, 0.25) is 0 Å². The third kappa shape index (κ3) is 4.57. The van der Waals surface area contributed by atoms with E-state index in [0.717, 1.165) is 11.0 Å². The number of nitrogens with one attached hydrogen (secondary N) is 3. The molecule has 0 spiro atoms. The number of rotatable bonds is 7. The Morgan fingerprint density at radius 2 is 1.84 bits per heavy atom. The van der Waals surface area contributed by atoms with Crippen molar-refractivity contribution in [2.45, 2.75) is 0 Å². The van der Waals surface area contributed by atoms with Crippen molar-refractivity contribution in [3.05, 3.63) is 60.4 Å². The van der Waals surface area contributed by atoms with Crippen molar-refractivity contribution in [1.82, 2.24) is 20.6 Å². The van der Waals surface area contributed by atoms with E-state index in [9.17, 15) is 9.59 Å². The maximum atomic E-state index is 12.1. The smallest absolute Gasteiger partial charge is 0.258 e. The highest BCUT2D eigenvalue weighted by Crippen LogP contribution is 2.11. The van der Waals surface area contributed by atoms with E-state index in [1.165, 1.54) is 0 Å². The topological polar surface area (TPSA) is 96.1 Å². The molecule has 1 heterocycles. The van der Waals surface area contributed by atoms with Gasteiger partial charge in [-0.2, -0.15) is 0 Å². The number of aromatic amines is 1. The maximum Gasteiger partial charge on any atom is 0.258 e. The van der Waals surface area contributed by atoms with Crippen LogP contribution in [0.25, 0.3) is 11.0 Å². The van der Waals surface area contributed by atoms with Gasteiger partial charge in [0.1, 0.15) is 5.75 Å². The van der Waals surface area contributed by atoms with E-state index < -0.39 is 0 Å². The molecule has 25 heavy (non-hydrogen) atoms. The van der Waals surface area contributed by atoms with Gasteiger partial charge in [-0.15, -0.1) is 0 Å². The molecule has 0 unspecified atom stereocenters. The van der Waals surface area contributed by atoms with E-state index in [0.29, 0.717) is 24.4 Å². The van der Waals surface area contributed by atoms with Gasteiger partial charge >= 0.3 is 0 Å². The molecule has 0 atom stereocenters. The Hall–Kier alpha value is -3.35. The van der Waals surface area contributed by atoms with Gasteiger partial charge in [0.15, 0.2) is 6.61 Å². The van der Waals surface area contributed by atoms with Crippen LogP contribution >= 0.6 is 0 Å². The summed E-state index contributed by atoms with van der Waals surface area (Å²) in [5.41, 5.74) is 2.15. The summed E-state index contributed by atoms with van der Waals surface area (Å²) in [4.78, 5) is 30.8. The molecule has 7 nitrogen and oxygen atoms in total. The molecular formula is C18H18N4O3. The number of fused-ring (bicyclic) bond motifs is 1. The fraction of sp³-hybridized carbons (Fsp3) is 0.167. The van der Waals surface area contributed by atoms with Crippen molar-refractivity contribution in [3.8, 4) is 5.75 Å². The minimum Gasteiger partial charge on any atom is -0.484 e. The van der Waals surface area contributed by atoms with Gasteiger partial charge in [0.05, 0.1) is 17.4 Å². The molecule has 0 aliphatic heterocycles. The van der Waals surface area contributed by atoms with Gasteiger partial charge in [-0.3, -0.25) is 9.59 Å². The van der Waals surface area contributed by atoms with E-state index in [-0.39, 0.29) is 18.4 Å². The van der Waals surface area contributed by atoms with Crippen LogP contribution in [0.15, 0.2) is 54.9 Å². The number of aromatic nitrogens is 2. The third-order valence-corrected chi connectivity index (χ3v) is 3.53. The summed E-state index contributed by atoms with van der Waals surface area (Å²) in [6.07, 6.45) is 1.58. The van der Waals surface area contributed by atoms with E-state index in [2.05, 4.69) is 20.6 Å². The minimum absolute atomic E-state index is 0.0611. The van der Waals surface area contributed by atoms with Crippen molar-refractivity contribution in [3.63, 3.8) is 0 Å². The summed E-state index contributed by atoms with van der Waals surface area (Å²) in [6.45, 7) is 0.598. The van der Waals surface area contributed by atoms with Crippen LogP contribution in [-0.4, -0.2) is 41.5 Å². The fourth-order valence-electron chi connectivity index (χ4n) is 2.27. The first-order chi connectivity index (χ1) is 12.2. The summed E-state index contributed by atoms with van der Waals surface area (Å²) in [5, 5.41) is 5.45. The van der Waals surface area contributed by atoms with Gasteiger partial charge in [-0.1, -0.05) is 18.2 Å². The van der Waals surface area contributed by atoms with Crippen molar-refractivity contribution >= 4 is 22.8 Å². The Kier molecular flexibility index (Phi) is 5.26. The average Bonchev–Trinajstić information content (AvgIpc) is 3.12. The predicted molar refractivity (Wildman–Crippen MR) is 93.4 cm³/mol. The molecular weight excluding hydrogens is 320 g/mol. The first-order valence-electron chi connectivity index (χ1n) is 7.88. The number of carbonyl (C=O) groups is 2. The molecule has 0 fully saturated rings. The van der Waals surface area contributed by atoms with Crippen molar-refractivity contribution in [1.29, 1.82) is 0 Å². The Labute approximate surface area is 144 Å². The fourth-order valence-corrected chi connectivity index (χ4v) is 2.27. The second-order valence-electron chi connectivity index (χ2n) is 5.34. The van der Waals surface area contributed by atoms with Crippen molar-refractivity contribution < 1.29 is 14.3 Å². The van der Waals surface area contributed by atoms with Crippen molar-refractivity contribution in [2.24, 2.45) is 0 Å². The van der Waals surface area contributed by atoms with Gasteiger partial charge in [0.25, 0.3) is 11.8 Å². The molecule has 128 valence electrons. The molecule has 0 radical (unpaired) electrons. The zero-order chi connectivity index (χ0) is 17.5. The summed E-state index contributed by atoms with van der Waals surface area (Å²) in [5.74, 6) is 0.198. The number of hydrogen-bond acceptors (Lipinski definition) is 4. The Bertz CT molecular complexity index is 861. The first-order valence-corrected chi connectivity index (χ1v) is 7.88. The minimum atomic E-state index is -0.239. The molecule has 2 aromatic carbocycles. The maximum absolute atomic E-state index is 12.1. The van der Waals surface area contributed by atoms with Gasteiger partial charge in [-0.05, 0) is 30.3 Å². The first kappa shape index (κ1) is 16.5. The number of amides is 2. The van der Waals surface area contributed by atoms with Crippen LogP contribution in [0.3, 0.4) is 0 Å². The highest BCUT2D eigenvalue weighted by molar-refractivity contribution is 5.97. The van der Waals surface area contributed by atoms with Gasteiger partial charge in [-0.25, -0.2) is 4.98 Å². The largest absolute Gasteiger partial charge is 0.484 e. The summed E-state index contributed by atoms with van der Waals surface area (Å²) >= 11 is 0. The molecule has 0 saturated carbocycles. The molecule has 0 aliphatic rings. The van der Waals surface area contributed by atoms with Crippen LogP contribution in [0.4, 0.5) is 0 Å². The molecule has 1 aromatic heterocycles. The van der Waals surface area contributed by atoms with Crippen LogP contribution in [0, 0.1) is 0 Å². The molecule has 3 rings (SSSR count). The lowest BCUT2D eigenvalue weighted by atomic mass is 10.2. The number of hydrogen-bond donors (Lipinski definition) is 3. The predicted octanol–water partition coefficient (Wildman–Crippen LogP) is 1.49. The molecule has 0 bridgehead atoms. The normalized spacial score (nSPS) is 10.4. The SMILES string of the molecule is O=C(COc1ccccc1)NCCNC(=O)c1ccc2nc[nH]c2c1. The summed E-state index contributed by atoms with van der Waals surface area (Å²) < 4.78 is 5.34. The number of imidazole rings is 1. The highest BCUT2D eigenvalue weighted by atomic mass is 16.5. The number of para-hydroxylation sites is 1. The van der Waals surface area contributed by atoms with E-state index in [1.54, 1.807) is 36.7 Å². The van der Waals surface area contributed by atoms with Crippen LogP contribution in [0.5, 0.6) is 5.75 Å². The molecule has 0 saturated heterocycles. The lowest BCUT2D eigenvalue weighted by Crippen LogP contribution is -2.36. The monoisotopic (exact) mass is 338 g/mol. The highest BCUT2D eigenvalue weighted by Gasteiger charge is 2.07. The van der Waals surface area contributed by atoms with Gasteiger partial charge < -0.3 is 20.4 Å². The Morgan fingerprint density at radius 1 is 1.04 bits per heavy atom. The zero-order valence-corrected chi connectivity index (χ0v) is 13.5. The van der Waals surface area contributed by atoms with Crippen LogP contribution in [-0.2, 0) is 4.79 Å². The number of H-pyrrole nitrogens is 1. The van der Waals surface area contributed by atoms with Crippen molar-refractivity contribution in [2.75, 3.05) is 19.7 Å². The van der Waals surface area contributed by atoms with Crippen LogP contribution in [0.1, 0.15) is 10.4 Å². The Balaban J connectivity index is 1.37. The van der Waals surface area contributed by atoms with E-state index in [1.807, 2.05) is 18.2 Å². The van der Waals surface area contributed by atoms with E-state index in [4.69, 9.17) is 4.74 Å². The second-order valence-corrected chi connectivity index (χ2v) is 5.34. The summed E-state index contributed by atoms with van der Waals surface area (Å²) in [7, 11) is 0. The number of nitrogens with zero attached hydrogens (tertiary/aromatic N) is 1. The summed E-state index contributed by atoms with van der Waals surface area (Å²) in [6, 6.07) is 14.3. The quantitative estimate of drug-likeness (QED) is 0.569. The van der Waals surface area contributed by atoms with Crippen LogP contribution in [0.2, 0.25) is 0 Å². The molecule has 3 N–H and O–H groups in total. The zero-order valence-electron chi connectivity index (χ0n) is 13.5. The van der Waals surface area contributed by atoms with E-state index >= 15 is 0 Å². The third-order valence-electron chi connectivity index (χ3n) is 3.53. The number of carbonyl (C=O) groups excluding carboxylic acids is 2. The molecule has 0 aliphatic carbocycles. The Morgan fingerprint density at radius 3 is 2.68 bits per heavy atom. The number of ether oxygens (including phenoxy) is 1. The molecule has 2 amide bonds. The molecule has 3 aromatic rings. The van der Waals surface area contributed by atoms with Crippen LogP contribution < -0.4 is 15.4 Å². The van der Waals surface area contributed by atoms with Gasteiger partial charge in [0, 0.05) is 18.7 Å². The number of benzene rings is 2. The lowest BCUT2D eigenvalue weighted by molar-refractivity contribution is -0.123. The second kappa shape index (κ2) is 7.96. The lowest BCUT2D eigenvalue weighted by Gasteiger charge is -2.08. The standard InChI is InChI=1S/C18H18N4O3/c23-17(11-25-14-4-2-1-3-5-14)19-8-9-20-18(24)13-6-7-15-16(10-13)22-12-21-15/h1-7,10,12H,8-9,11H2,(H,19,23)(H,20,24)(H,21,22).